The Bertz CT molecular complexity index is 1020. The van der Waals surface area contributed by atoms with E-state index in [9.17, 15) is 9.59 Å². The fourth-order valence-corrected chi connectivity index (χ4v) is 5.13. The maximum atomic E-state index is 12.8. The zero-order valence-electron chi connectivity index (χ0n) is 22.0. The van der Waals surface area contributed by atoms with Crippen LogP contribution >= 0.6 is 0 Å². The third-order valence-corrected chi connectivity index (χ3v) is 7.51. The number of carbonyl (C=O) groups excluding carboxylic acids is 2. The van der Waals surface area contributed by atoms with Crippen LogP contribution in [0, 0.1) is 18.3 Å². The van der Waals surface area contributed by atoms with Gasteiger partial charge in [0.15, 0.2) is 0 Å². The molecule has 0 saturated heterocycles. The Kier molecular flexibility index (Phi) is 10.1. The summed E-state index contributed by atoms with van der Waals surface area (Å²) in [5.74, 6) is -0.151. The van der Waals surface area contributed by atoms with Crippen LogP contribution in [0.15, 0.2) is 54.6 Å². The molecule has 0 bridgehead atoms. The Morgan fingerprint density at radius 2 is 1.67 bits per heavy atom. The molecule has 0 unspecified atom stereocenters. The first-order chi connectivity index (χ1) is 17.3. The van der Waals surface area contributed by atoms with E-state index in [2.05, 4.69) is 61.6 Å². The lowest BCUT2D eigenvalue weighted by atomic mass is 9.74. The molecule has 0 aromatic heterocycles. The highest BCUT2D eigenvalue weighted by Crippen LogP contribution is 2.35. The summed E-state index contributed by atoms with van der Waals surface area (Å²) in [7, 11) is 4.32. The number of aryl methyl sites for hydroxylation is 1. The maximum absolute atomic E-state index is 12.8. The highest BCUT2D eigenvalue weighted by molar-refractivity contribution is 5.84. The molecule has 1 N–H and O–H groups in total. The van der Waals surface area contributed by atoms with Crippen LogP contribution in [-0.2, 0) is 22.6 Å². The van der Waals surface area contributed by atoms with E-state index in [-0.39, 0.29) is 42.7 Å². The van der Waals surface area contributed by atoms with Crippen LogP contribution in [0.1, 0.15) is 61.6 Å². The minimum absolute atomic E-state index is 0.0656. The predicted octanol–water partition coefficient (Wildman–Crippen LogP) is 4.62. The van der Waals surface area contributed by atoms with Crippen molar-refractivity contribution in [3.8, 4) is 6.07 Å². The molecule has 1 saturated carbocycles. The quantitative estimate of drug-likeness (QED) is 0.501. The van der Waals surface area contributed by atoms with E-state index in [1.807, 2.05) is 30.3 Å². The van der Waals surface area contributed by atoms with E-state index in [0.29, 0.717) is 13.1 Å². The maximum Gasteiger partial charge on any atom is 0.223 e. The molecule has 2 aromatic rings. The van der Waals surface area contributed by atoms with Gasteiger partial charge in [0.1, 0.15) is 0 Å². The molecule has 3 rings (SSSR count). The van der Waals surface area contributed by atoms with E-state index in [1.165, 1.54) is 11.1 Å². The molecule has 0 spiro atoms. The first-order valence-corrected chi connectivity index (χ1v) is 13.0. The normalized spacial score (nSPS) is 19.5. The van der Waals surface area contributed by atoms with Crippen LogP contribution in [0.25, 0.3) is 0 Å². The van der Waals surface area contributed by atoms with Crippen molar-refractivity contribution in [3.05, 3.63) is 71.3 Å². The van der Waals surface area contributed by atoms with Gasteiger partial charge in [-0.05, 0) is 64.3 Å². The summed E-state index contributed by atoms with van der Waals surface area (Å²) >= 11 is 0. The molecule has 0 atom stereocenters. The van der Waals surface area contributed by atoms with E-state index in [4.69, 9.17) is 5.26 Å². The van der Waals surface area contributed by atoms with Crippen LogP contribution in [0.4, 0.5) is 0 Å². The van der Waals surface area contributed by atoms with Gasteiger partial charge in [-0.2, -0.15) is 5.26 Å². The first kappa shape index (κ1) is 27.4. The lowest BCUT2D eigenvalue weighted by molar-refractivity contribution is -0.134. The molecule has 1 fully saturated rings. The van der Waals surface area contributed by atoms with E-state index in [1.54, 1.807) is 4.90 Å². The number of amides is 2. The number of nitriles is 1. The van der Waals surface area contributed by atoms with Gasteiger partial charge < -0.3 is 15.1 Å². The molecule has 1 aliphatic rings. The average molecular weight is 489 g/mol. The van der Waals surface area contributed by atoms with Crippen molar-refractivity contribution < 1.29 is 9.59 Å². The molecule has 0 radical (unpaired) electrons. The Balaban J connectivity index is 1.48. The van der Waals surface area contributed by atoms with E-state index >= 15 is 0 Å². The minimum atomic E-state index is -0.0855. The SMILES string of the molecule is Cc1ccc(CC2(N(C)C)CCC(NC(=O)CCC(=O)N(CCC#N)Cc3ccccc3)CC2)cc1. The fourth-order valence-electron chi connectivity index (χ4n) is 5.13. The summed E-state index contributed by atoms with van der Waals surface area (Å²) in [5.41, 5.74) is 3.75. The van der Waals surface area contributed by atoms with Gasteiger partial charge in [-0.1, -0.05) is 60.2 Å². The second kappa shape index (κ2) is 13.2. The van der Waals surface area contributed by atoms with Crippen LogP contribution in [0.3, 0.4) is 0 Å². The van der Waals surface area contributed by atoms with Gasteiger partial charge in [-0.25, -0.2) is 0 Å². The van der Waals surface area contributed by atoms with Gasteiger partial charge in [-0.3, -0.25) is 9.59 Å². The molecule has 192 valence electrons. The summed E-state index contributed by atoms with van der Waals surface area (Å²) in [5, 5.41) is 12.1. The van der Waals surface area contributed by atoms with Crippen LogP contribution < -0.4 is 5.32 Å². The molecule has 36 heavy (non-hydrogen) atoms. The highest BCUT2D eigenvalue weighted by Gasteiger charge is 2.37. The van der Waals surface area contributed by atoms with Crippen molar-refractivity contribution in [2.24, 2.45) is 0 Å². The Hall–Kier alpha value is -3.17. The first-order valence-electron chi connectivity index (χ1n) is 13.0. The lowest BCUT2D eigenvalue weighted by Crippen LogP contribution is -2.52. The van der Waals surface area contributed by atoms with Crippen molar-refractivity contribution in [1.29, 1.82) is 5.26 Å². The highest BCUT2D eigenvalue weighted by atomic mass is 16.2. The number of rotatable bonds is 11. The third kappa shape index (κ3) is 7.93. The van der Waals surface area contributed by atoms with E-state index < -0.39 is 0 Å². The van der Waals surface area contributed by atoms with Crippen molar-refractivity contribution in [2.75, 3.05) is 20.6 Å². The zero-order chi connectivity index (χ0) is 26.0. The molecule has 2 aromatic carbocycles. The summed E-state index contributed by atoms with van der Waals surface area (Å²) in [6.07, 6.45) is 5.55. The zero-order valence-corrected chi connectivity index (χ0v) is 22.0. The standard InChI is InChI=1S/C30H40N4O2/c1-24-10-12-25(13-11-24)22-30(33(2)3)18-16-27(17-19-30)32-28(35)14-15-29(36)34(21-7-20-31)23-26-8-5-4-6-9-26/h4-6,8-13,27H,7,14-19,21-23H2,1-3H3,(H,32,35). The number of hydrogen-bond acceptors (Lipinski definition) is 4. The van der Waals surface area contributed by atoms with Crippen molar-refractivity contribution in [3.63, 3.8) is 0 Å². The molecule has 0 aliphatic heterocycles. The topological polar surface area (TPSA) is 76.4 Å². The molecule has 6 heteroatoms. The number of nitrogens with one attached hydrogen (secondary N) is 1. The van der Waals surface area contributed by atoms with Crippen molar-refractivity contribution in [1.82, 2.24) is 15.1 Å². The number of likely N-dealkylation sites (N-methyl/N-ethyl adjacent to an activating group) is 1. The van der Waals surface area contributed by atoms with Gasteiger partial charge >= 0.3 is 0 Å². The molecule has 2 amide bonds. The second-order valence-corrected chi connectivity index (χ2v) is 10.3. The molecule has 1 aliphatic carbocycles. The van der Waals surface area contributed by atoms with Crippen molar-refractivity contribution >= 4 is 11.8 Å². The molecular weight excluding hydrogens is 448 g/mol. The smallest absolute Gasteiger partial charge is 0.223 e. The van der Waals surface area contributed by atoms with Gasteiger partial charge in [0, 0.05) is 37.5 Å². The molecule has 0 heterocycles. The fraction of sp³-hybridized carbons (Fsp3) is 0.500. The second-order valence-electron chi connectivity index (χ2n) is 10.3. The average Bonchev–Trinajstić information content (AvgIpc) is 2.88. The third-order valence-electron chi connectivity index (χ3n) is 7.51. The number of nitrogens with zero attached hydrogens (tertiary/aromatic N) is 3. The predicted molar refractivity (Wildman–Crippen MR) is 143 cm³/mol. The van der Waals surface area contributed by atoms with Gasteiger partial charge in [0.2, 0.25) is 11.8 Å². The Labute approximate surface area is 216 Å². The molecule has 6 nitrogen and oxygen atoms in total. The largest absolute Gasteiger partial charge is 0.353 e. The molecular formula is C30H40N4O2. The van der Waals surface area contributed by atoms with Gasteiger partial charge in [-0.15, -0.1) is 0 Å². The summed E-state index contributed by atoms with van der Waals surface area (Å²) in [4.78, 5) is 29.6. The summed E-state index contributed by atoms with van der Waals surface area (Å²) < 4.78 is 0. The van der Waals surface area contributed by atoms with Crippen LogP contribution in [0.5, 0.6) is 0 Å². The summed E-state index contributed by atoms with van der Waals surface area (Å²) in [6.45, 7) is 2.95. The lowest BCUT2D eigenvalue weighted by Gasteiger charge is -2.45. The monoisotopic (exact) mass is 488 g/mol. The van der Waals surface area contributed by atoms with E-state index in [0.717, 1.165) is 37.7 Å². The number of benzene rings is 2. The van der Waals surface area contributed by atoms with Gasteiger partial charge in [0.25, 0.3) is 0 Å². The number of hydrogen-bond donors (Lipinski definition) is 1. The van der Waals surface area contributed by atoms with Crippen LogP contribution in [-0.4, -0.2) is 53.8 Å². The van der Waals surface area contributed by atoms with Gasteiger partial charge in [0.05, 0.1) is 12.5 Å². The number of carbonyl (C=O) groups is 2. The Morgan fingerprint density at radius 3 is 2.28 bits per heavy atom. The Morgan fingerprint density at radius 1 is 1.00 bits per heavy atom. The minimum Gasteiger partial charge on any atom is -0.353 e. The van der Waals surface area contributed by atoms with Crippen molar-refractivity contribution in [2.45, 2.75) is 76.4 Å². The summed E-state index contributed by atoms with van der Waals surface area (Å²) in [6, 6.07) is 20.8. The van der Waals surface area contributed by atoms with Crippen LogP contribution in [0.2, 0.25) is 0 Å².